The zero-order valence-corrected chi connectivity index (χ0v) is 13.3. The van der Waals surface area contributed by atoms with Gasteiger partial charge in [-0.2, -0.15) is 0 Å². The topological polar surface area (TPSA) is 72.2 Å². The molecule has 1 N–H and O–H groups in total. The Labute approximate surface area is 138 Å². The summed E-state index contributed by atoms with van der Waals surface area (Å²) in [5.41, 5.74) is 0.109. The molecule has 0 heterocycles. The summed E-state index contributed by atoms with van der Waals surface area (Å²) in [6.07, 6.45) is -0.218. The lowest BCUT2D eigenvalue weighted by Gasteiger charge is -2.08. The number of amides is 1. The monoisotopic (exact) mass is 386 g/mol. The maximum absolute atomic E-state index is 13.6. The lowest BCUT2D eigenvalue weighted by molar-refractivity contribution is -0.384. The second-order valence-corrected chi connectivity index (χ2v) is 5.70. The van der Waals surface area contributed by atoms with E-state index in [1.165, 1.54) is 30.3 Å². The molecule has 2 rings (SSSR count). The van der Waals surface area contributed by atoms with Crippen molar-refractivity contribution >= 4 is 44.8 Å². The number of hydrogen-bond donors (Lipinski definition) is 1. The normalized spacial score (nSPS) is 10.3. The summed E-state index contributed by atoms with van der Waals surface area (Å²) in [5, 5.41) is 13.3. The van der Waals surface area contributed by atoms with E-state index in [4.69, 9.17) is 11.6 Å². The van der Waals surface area contributed by atoms with Crippen LogP contribution in [0.5, 0.6) is 0 Å². The van der Waals surface area contributed by atoms with Crippen molar-refractivity contribution < 1.29 is 14.1 Å². The molecule has 0 aliphatic rings. The fourth-order valence-electron chi connectivity index (χ4n) is 1.77. The molecule has 2 aromatic rings. The number of halogens is 3. The van der Waals surface area contributed by atoms with E-state index in [0.29, 0.717) is 4.47 Å². The highest BCUT2D eigenvalue weighted by Gasteiger charge is 2.14. The number of carbonyl (C=O) groups excluding carboxylic acids is 1. The number of rotatable bonds is 4. The Morgan fingerprint density at radius 3 is 2.73 bits per heavy atom. The van der Waals surface area contributed by atoms with Gasteiger partial charge in [-0.25, -0.2) is 4.39 Å². The number of hydrogen-bond acceptors (Lipinski definition) is 3. The molecular weight excluding hydrogens is 379 g/mol. The van der Waals surface area contributed by atoms with Gasteiger partial charge in [0.25, 0.3) is 5.69 Å². The Hall–Kier alpha value is -1.99. The standard InChI is InChI=1S/C14H9BrClFN2O3/c15-9-1-4-12(17)8(5-9)6-14(20)18-13-7-10(19(21)22)2-3-11(13)16/h1-5,7H,6H2,(H,18,20). The first-order valence-corrected chi connectivity index (χ1v) is 7.21. The summed E-state index contributed by atoms with van der Waals surface area (Å²) in [6.45, 7) is 0. The third kappa shape index (κ3) is 4.02. The van der Waals surface area contributed by atoms with E-state index in [1.54, 1.807) is 0 Å². The molecule has 114 valence electrons. The molecule has 0 aliphatic heterocycles. The summed E-state index contributed by atoms with van der Waals surface area (Å²) < 4.78 is 14.2. The van der Waals surface area contributed by atoms with Gasteiger partial charge in [-0.15, -0.1) is 0 Å². The van der Waals surface area contributed by atoms with E-state index < -0.39 is 16.6 Å². The summed E-state index contributed by atoms with van der Waals surface area (Å²) in [5.74, 6) is -1.04. The van der Waals surface area contributed by atoms with Crippen LogP contribution in [0.3, 0.4) is 0 Å². The molecule has 0 unspecified atom stereocenters. The number of nitrogens with one attached hydrogen (secondary N) is 1. The molecule has 0 bridgehead atoms. The molecule has 0 saturated heterocycles. The van der Waals surface area contributed by atoms with Crippen LogP contribution >= 0.6 is 27.5 Å². The summed E-state index contributed by atoms with van der Waals surface area (Å²) >= 11 is 9.08. The molecule has 0 fully saturated rings. The minimum atomic E-state index is -0.597. The van der Waals surface area contributed by atoms with Gasteiger partial charge in [-0.3, -0.25) is 14.9 Å². The van der Waals surface area contributed by atoms with Crippen molar-refractivity contribution in [1.29, 1.82) is 0 Å². The largest absolute Gasteiger partial charge is 0.324 e. The Morgan fingerprint density at radius 1 is 1.32 bits per heavy atom. The van der Waals surface area contributed by atoms with Crippen molar-refractivity contribution in [3.63, 3.8) is 0 Å². The maximum atomic E-state index is 13.6. The summed E-state index contributed by atoms with van der Waals surface area (Å²) in [6, 6.07) is 7.95. The van der Waals surface area contributed by atoms with Gasteiger partial charge in [0.2, 0.25) is 5.91 Å². The maximum Gasteiger partial charge on any atom is 0.271 e. The van der Waals surface area contributed by atoms with E-state index in [2.05, 4.69) is 21.2 Å². The van der Waals surface area contributed by atoms with Crippen molar-refractivity contribution in [2.24, 2.45) is 0 Å². The molecule has 0 saturated carbocycles. The smallest absolute Gasteiger partial charge is 0.271 e. The highest BCUT2D eigenvalue weighted by molar-refractivity contribution is 9.10. The molecule has 8 heteroatoms. The third-order valence-corrected chi connectivity index (χ3v) is 3.62. The average Bonchev–Trinajstić information content (AvgIpc) is 2.45. The second kappa shape index (κ2) is 6.85. The fourth-order valence-corrected chi connectivity index (χ4v) is 2.34. The van der Waals surface area contributed by atoms with Crippen LogP contribution in [-0.2, 0) is 11.2 Å². The van der Waals surface area contributed by atoms with Gasteiger partial charge < -0.3 is 5.32 Å². The molecule has 0 radical (unpaired) electrons. The van der Waals surface area contributed by atoms with Gasteiger partial charge in [-0.05, 0) is 29.8 Å². The Balaban J connectivity index is 2.17. The van der Waals surface area contributed by atoms with Gasteiger partial charge in [0.05, 0.1) is 22.1 Å². The zero-order valence-electron chi connectivity index (χ0n) is 11.0. The molecule has 0 spiro atoms. The minimum Gasteiger partial charge on any atom is -0.324 e. The Kier molecular flexibility index (Phi) is 5.10. The number of anilines is 1. The van der Waals surface area contributed by atoms with Crippen LogP contribution in [0.25, 0.3) is 0 Å². The van der Waals surface area contributed by atoms with Crippen LogP contribution in [0.1, 0.15) is 5.56 Å². The molecule has 0 atom stereocenters. The molecule has 0 aromatic heterocycles. The lowest BCUT2D eigenvalue weighted by Crippen LogP contribution is -2.15. The van der Waals surface area contributed by atoms with Crippen molar-refractivity contribution in [2.75, 3.05) is 5.32 Å². The van der Waals surface area contributed by atoms with Gasteiger partial charge in [0, 0.05) is 16.6 Å². The van der Waals surface area contributed by atoms with Crippen LogP contribution in [0.2, 0.25) is 5.02 Å². The first-order valence-electron chi connectivity index (χ1n) is 6.04. The number of nitro benzene ring substituents is 1. The van der Waals surface area contributed by atoms with Crippen molar-refractivity contribution in [3.8, 4) is 0 Å². The second-order valence-electron chi connectivity index (χ2n) is 4.38. The van der Waals surface area contributed by atoms with E-state index >= 15 is 0 Å². The van der Waals surface area contributed by atoms with Gasteiger partial charge >= 0.3 is 0 Å². The SMILES string of the molecule is O=C(Cc1cc(Br)ccc1F)Nc1cc([N+](=O)[O-])ccc1Cl. The van der Waals surface area contributed by atoms with Crippen LogP contribution in [-0.4, -0.2) is 10.8 Å². The number of nitro groups is 1. The summed E-state index contributed by atoms with van der Waals surface area (Å²) in [7, 11) is 0. The predicted molar refractivity (Wildman–Crippen MR) is 84.5 cm³/mol. The van der Waals surface area contributed by atoms with Crippen molar-refractivity contribution in [1.82, 2.24) is 0 Å². The highest BCUT2D eigenvalue weighted by atomic mass is 79.9. The molecule has 0 aliphatic carbocycles. The first kappa shape index (κ1) is 16.4. The van der Waals surface area contributed by atoms with Gasteiger partial charge in [0.1, 0.15) is 5.82 Å². The molecule has 22 heavy (non-hydrogen) atoms. The van der Waals surface area contributed by atoms with Gasteiger partial charge in [0.15, 0.2) is 0 Å². The fraction of sp³-hybridized carbons (Fsp3) is 0.0714. The zero-order chi connectivity index (χ0) is 16.3. The molecule has 5 nitrogen and oxygen atoms in total. The summed E-state index contributed by atoms with van der Waals surface area (Å²) in [4.78, 5) is 22.1. The van der Waals surface area contributed by atoms with E-state index in [-0.39, 0.29) is 28.4 Å². The van der Waals surface area contributed by atoms with Gasteiger partial charge in [-0.1, -0.05) is 27.5 Å². The van der Waals surface area contributed by atoms with Crippen LogP contribution < -0.4 is 5.32 Å². The van der Waals surface area contributed by atoms with Crippen molar-refractivity contribution in [3.05, 3.63) is 67.4 Å². The lowest BCUT2D eigenvalue weighted by atomic mass is 10.1. The van der Waals surface area contributed by atoms with E-state index in [1.807, 2.05) is 0 Å². The Bertz CT molecular complexity index is 755. The molecule has 2 aromatic carbocycles. The average molecular weight is 388 g/mol. The number of benzene rings is 2. The predicted octanol–water partition coefficient (Wildman–Crippen LogP) is 4.33. The number of non-ortho nitro benzene ring substituents is 1. The quantitative estimate of drug-likeness (QED) is 0.627. The van der Waals surface area contributed by atoms with E-state index in [0.717, 1.165) is 6.07 Å². The number of nitrogens with zero attached hydrogens (tertiary/aromatic N) is 1. The van der Waals surface area contributed by atoms with Crippen LogP contribution in [0, 0.1) is 15.9 Å². The first-order chi connectivity index (χ1) is 10.4. The highest BCUT2D eigenvalue weighted by Crippen LogP contribution is 2.27. The third-order valence-electron chi connectivity index (χ3n) is 2.79. The van der Waals surface area contributed by atoms with Crippen LogP contribution in [0.15, 0.2) is 40.9 Å². The van der Waals surface area contributed by atoms with Crippen LogP contribution in [0.4, 0.5) is 15.8 Å². The Morgan fingerprint density at radius 2 is 2.05 bits per heavy atom. The van der Waals surface area contributed by atoms with Crippen molar-refractivity contribution in [2.45, 2.75) is 6.42 Å². The molecule has 1 amide bonds. The number of carbonyl (C=O) groups is 1. The minimum absolute atomic E-state index is 0.108. The molecular formula is C14H9BrClFN2O3. The van der Waals surface area contributed by atoms with E-state index in [9.17, 15) is 19.3 Å².